The van der Waals surface area contributed by atoms with E-state index in [4.69, 9.17) is 0 Å². The number of aromatic nitrogens is 2. The van der Waals surface area contributed by atoms with Crippen molar-refractivity contribution in [3.8, 4) is 0 Å². The Hall–Kier alpha value is -0.890. The summed E-state index contributed by atoms with van der Waals surface area (Å²) >= 11 is 0.341. The van der Waals surface area contributed by atoms with Crippen LogP contribution in [-0.2, 0) is 9.84 Å². The first kappa shape index (κ1) is 10.2. The molecule has 0 bridgehead atoms. The normalized spacial score (nSPS) is 11.9. The van der Waals surface area contributed by atoms with Crippen LogP contribution in [0.15, 0.2) is 16.3 Å². The van der Waals surface area contributed by atoms with Gasteiger partial charge >= 0.3 is 0 Å². The summed E-state index contributed by atoms with van der Waals surface area (Å²) in [5.41, 5.74) is 0. The number of nitrogens with zero attached hydrogens (tertiary/aromatic N) is 2. The summed E-state index contributed by atoms with van der Waals surface area (Å²) in [6.45, 7) is 3.03. The fourth-order valence-corrected chi connectivity index (χ4v) is 2.15. The lowest BCUT2D eigenvalue weighted by Gasteiger charge is -1.87. The van der Waals surface area contributed by atoms with Gasteiger partial charge in [-0.15, -0.1) is 10.2 Å². The zero-order valence-corrected chi connectivity index (χ0v) is 7.78. The van der Waals surface area contributed by atoms with Gasteiger partial charge in [0.15, 0.2) is 5.01 Å². The van der Waals surface area contributed by atoms with Gasteiger partial charge in [0.25, 0.3) is 6.43 Å². The van der Waals surface area contributed by atoms with Crippen LogP contribution in [-0.4, -0.2) is 18.6 Å². The second-order valence-corrected chi connectivity index (χ2v) is 5.00. The molecule has 13 heavy (non-hydrogen) atoms. The molecule has 8 heteroatoms. The highest BCUT2D eigenvalue weighted by Gasteiger charge is 2.20. The third-order valence-corrected chi connectivity index (χ3v) is 3.75. The summed E-state index contributed by atoms with van der Waals surface area (Å²) < 4.78 is 45.4. The molecule has 0 atom stereocenters. The number of halogens is 2. The van der Waals surface area contributed by atoms with Gasteiger partial charge in [0.05, 0.1) is 0 Å². The molecule has 1 rings (SSSR count). The van der Waals surface area contributed by atoms with Crippen LogP contribution in [0, 0.1) is 0 Å². The van der Waals surface area contributed by atoms with Crippen molar-refractivity contribution in [1.29, 1.82) is 0 Å². The second-order valence-electron chi connectivity index (χ2n) is 1.92. The van der Waals surface area contributed by atoms with Crippen LogP contribution >= 0.6 is 11.3 Å². The lowest BCUT2D eigenvalue weighted by Crippen LogP contribution is -1.93. The monoisotopic (exact) mass is 226 g/mol. The Morgan fingerprint density at radius 2 is 2.08 bits per heavy atom. The lowest BCUT2D eigenvalue weighted by atomic mass is 10.8. The van der Waals surface area contributed by atoms with E-state index in [1.54, 1.807) is 0 Å². The quantitative estimate of drug-likeness (QED) is 0.781. The van der Waals surface area contributed by atoms with E-state index in [0.717, 1.165) is 0 Å². The molecule has 0 aliphatic heterocycles. The largest absolute Gasteiger partial charge is 0.291 e. The van der Waals surface area contributed by atoms with E-state index in [-0.39, 0.29) is 0 Å². The molecule has 0 radical (unpaired) electrons. The molecule has 1 aromatic rings. The molecule has 0 aliphatic carbocycles. The summed E-state index contributed by atoms with van der Waals surface area (Å²) in [6.07, 6.45) is -2.80. The van der Waals surface area contributed by atoms with E-state index < -0.39 is 25.6 Å². The maximum absolute atomic E-state index is 12.0. The molecule has 0 amide bonds. The Labute approximate surface area is 76.8 Å². The molecule has 0 spiro atoms. The maximum atomic E-state index is 12.0. The predicted octanol–water partition coefficient (Wildman–Crippen LogP) is 1.39. The fourth-order valence-electron chi connectivity index (χ4n) is 0.495. The van der Waals surface area contributed by atoms with E-state index in [1.165, 1.54) is 0 Å². The van der Waals surface area contributed by atoms with Crippen LogP contribution in [0.25, 0.3) is 0 Å². The minimum Gasteiger partial charge on any atom is -0.217 e. The molecule has 0 unspecified atom stereocenters. The van der Waals surface area contributed by atoms with E-state index in [0.29, 0.717) is 16.7 Å². The van der Waals surface area contributed by atoms with Gasteiger partial charge in [-0.25, -0.2) is 17.2 Å². The van der Waals surface area contributed by atoms with Crippen LogP contribution in [0.1, 0.15) is 11.4 Å². The van der Waals surface area contributed by atoms with E-state index in [9.17, 15) is 17.2 Å². The minimum atomic E-state index is -3.74. The number of rotatable bonds is 3. The predicted molar refractivity (Wildman–Crippen MR) is 42.2 cm³/mol. The van der Waals surface area contributed by atoms with Crippen molar-refractivity contribution in [2.75, 3.05) is 0 Å². The van der Waals surface area contributed by atoms with Crippen molar-refractivity contribution in [2.24, 2.45) is 0 Å². The molecule has 1 aromatic heterocycles. The topological polar surface area (TPSA) is 59.9 Å². The van der Waals surface area contributed by atoms with Crippen molar-refractivity contribution < 1.29 is 17.2 Å². The third-order valence-electron chi connectivity index (χ3n) is 1.07. The SMILES string of the molecule is C=CS(=O)(=O)c1nnc(C(F)F)s1. The third kappa shape index (κ3) is 2.07. The van der Waals surface area contributed by atoms with Crippen molar-refractivity contribution in [2.45, 2.75) is 10.8 Å². The van der Waals surface area contributed by atoms with Crippen molar-refractivity contribution >= 4 is 21.2 Å². The van der Waals surface area contributed by atoms with Crippen LogP contribution in [0.5, 0.6) is 0 Å². The van der Waals surface area contributed by atoms with Gasteiger partial charge < -0.3 is 0 Å². The van der Waals surface area contributed by atoms with Crippen molar-refractivity contribution in [3.05, 3.63) is 17.0 Å². The number of sulfone groups is 1. The first-order chi connectivity index (χ1) is 5.97. The van der Waals surface area contributed by atoms with Gasteiger partial charge in [0.1, 0.15) is 0 Å². The van der Waals surface area contributed by atoms with Gasteiger partial charge in [-0.05, 0) is 0 Å². The zero-order chi connectivity index (χ0) is 10.1. The highest BCUT2D eigenvalue weighted by Crippen LogP contribution is 2.25. The molecule has 0 aliphatic rings. The lowest BCUT2D eigenvalue weighted by molar-refractivity contribution is 0.150. The Bertz CT molecular complexity index is 412. The van der Waals surface area contributed by atoms with E-state index in [1.807, 2.05) is 0 Å². The standard InChI is InChI=1S/C5H4F2N2O2S2/c1-2-13(10,11)5-9-8-4(12-5)3(6)7/h2-3H,1H2. The summed E-state index contributed by atoms with van der Waals surface area (Å²) in [7, 11) is -3.74. The van der Waals surface area contributed by atoms with Crippen LogP contribution in [0.2, 0.25) is 0 Å². The van der Waals surface area contributed by atoms with Crippen LogP contribution < -0.4 is 0 Å². The molecule has 4 nitrogen and oxygen atoms in total. The summed E-state index contributed by atoms with van der Waals surface area (Å²) in [5.74, 6) is 0. The number of hydrogen-bond acceptors (Lipinski definition) is 5. The average molecular weight is 226 g/mol. The minimum absolute atomic E-state index is 0.341. The fraction of sp³-hybridized carbons (Fsp3) is 0.200. The van der Waals surface area contributed by atoms with Gasteiger partial charge in [0.2, 0.25) is 14.2 Å². The summed E-state index contributed by atoms with van der Waals surface area (Å²) in [6, 6.07) is 0. The first-order valence-electron chi connectivity index (χ1n) is 2.96. The molecule has 0 aromatic carbocycles. The molecular weight excluding hydrogens is 222 g/mol. The Morgan fingerprint density at radius 3 is 2.46 bits per heavy atom. The van der Waals surface area contributed by atoms with Crippen molar-refractivity contribution in [3.63, 3.8) is 0 Å². The highest BCUT2D eigenvalue weighted by atomic mass is 32.2. The van der Waals surface area contributed by atoms with Gasteiger partial charge in [-0.3, -0.25) is 0 Å². The molecule has 1 heterocycles. The van der Waals surface area contributed by atoms with E-state index in [2.05, 4.69) is 16.8 Å². The van der Waals surface area contributed by atoms with Crippen molar-refractivity contribution in [1.82, 2.24) is 10.2 Å². The average Bonchev–Trinajstić information content (AvgIpc) is 2.52. The second kappa shape index (κ2) is 3.46. The molecule has 72 valence electrons. The van der Waals surface area contributed by atoms with Crippen LogP contribution in [0.3, 0.4) is 0 Å². The summed E-state index contributed by atoms with van der Waals surface area (Å²) in [5, 5.41) is 6.16. The molecule has 0 N–H and O–H groups in total. The smallest absolute Gasteiger partial charge is 0.217 e. The Kier molecular flexibility index (Phi) is 2.71. The first-order valence-corrected chi connectivity index (χ1v) is 5.32. The molecule has 0 saturated heterocycles. The van der Waals surface area contributed by atoms with Crippen LogP contribution in [0.4, 0.5) is 8.78 Å². The van der Waals surface area contributed by atoms with Gasteiger partial charge in [0, 0.05) is 5.41 Å². The number of hydrogen-bond donors (Lipinski definition) is 0. The summed E-state index contributed by atoms with van der Waals surface area (Å²) in [4.78, 5) is 0. The Morgan fingerprint density at radius 1 is 1.46 bits per heavy atom. The highest BCUT2D eigenvalue weighted by molar-refractivity contribution is 7.96. The maximum Gasteiger partial charge on any atom is 0.291 e. The molecule has 0 saturated carbocycles. The molecular formula is C5H4F2N2O2S2. The van der Waals surface area contributed by atoms with E-state index >= 15 is 0 Å². The van der Waals surface area contributed by atoms with Gasteiger partial charge in [-0.1, -0.05) is 17.9 Å². The van der Waals surface area contributed by atoms with Gasteiger partial charge in [-0.2, -0.15) is 0 Å². The molecule has 0 fully saturated rings. The Balaban J connectivity index is 3.13. The zero-order valence-electron chi connectivity index (χ0n) is 6.15. The number of alkyl halides is 2.